The molecule has 0 saturated carbocycles. The predicted molar refractivity (Wildman–Crippen MR) is 69.8 cm³/mol. The maximum atomic E-state index is 13.6. The maximum absolute atomic E-state index is 13.6. The van der Waals surface area contributed by atoms with Gasteiger partial charge in [0.1, 0.15) is 11.6 Å². The lowest BCUT2D eigenvalue weighted by Gasteiger charge is -2.09. The molecule has 1 heterocycles. The molecule has 1 aromatic heterocycles. The summed E-state index contributed by atoms with van der Waals surface area (Å²) in [5.41, 5.74) is 0.433. The third kappa shape index (κ3) is 2.24. The first kappa shape index (κ1) is 12.2. The Labute approximate surface area is 110 Å². The molecule has 0 bridgehead atoms. The number of rotatable bonds is 1. The van der Waals surface area contributed by atoms with E-state index in [1.807, 2.05) is 22.6 Å². The highest BCUT2D eigenvalue weighted by Crippen LogP contribution is 2.22. The molecule has 0 aliphatic heterocycles. The molecule has 0 aliphatic carbocycles. The van der Waals surface area contributed by atoms with Gasteiger partial charge in [0.25, 0.3) is 5.56 Å². The van der Waals surface area contributed by atoms with Crippen LogP contribution in [-0.4, -0.2) is 4.57 Å². The van der Waals surface area contributed by atoms with Gasteiger partial charge in [-0.25, -0.2) is 8.78 Å². The van der Waals surface area contributed by atoms with Crippen molar-refractivity contribution in [2.75, 3.05) is 0 Å². The lowest BCUT2D eigenvalue weighted by molar-refractivity contribution is 0.584. The van der Waals surface area contributed by atoms with E-state index < -0.39 is 11.6 Å². The number of hydrogen-bond donors (Lipinski definition) is 0. The third-order valence-electron chi connectivity index (χ3n) is 2.46. The van der Waals surface area contributed by atoms with E-state index in [2.05, 4.69) is 0 Å². The van der Waals surface area contributed by atoms with Gasteiger partial charge in [-0.2, -0.15) is 0 Å². The van der Waals surface area contributed by atoms with Crippen molar-refractivity contribution < 1.29 is 8.78 Å². The first-order valence-corrected chi connectivity index (χ1v) is 5.89. The van der Waals surface area contributed by atoms with Crippen LogP contribution in [0.15, 0.2) is 35.1 Å². The van der Waals surface area contributed by atoms with Gasteiger partial charge in [0.15, 0.2) is 0 Å². The lowest BCUT2D eigenvalue weighted by atomic mass is 10.1. The van der Waals surface area contributed by atoms with Gasteiger partial charge in [-0.1, -0.05) is 0 Å². The van der Waals surface area contributed by atoms with Crippen molar-refractivity contribution >= 4 is 22.6 Å². The van der Waals surface area contributed by atoms with Gasteiger partial charge < -0.3 is 4.57 Å². The number of hydrogen-bond acceptors (Lipinski definition) is 1. The van der Waals surface area contributed by atoms with E-state index in [4.69, 9.17) is 0 Å². The van der Waals surface area contributed by atoms with Crippen LogP contribution < -0.4 is 5.56 Å². The van der Waals surface area contributed by atoms with Gasteiger partial charge >= 0.3 is 0 Å². The van der Waals surface area contributed by atoms with Crippen molar-refractivity contribution in [2.45, 2.75) is 0 Å². The first-order chi connectivity index (χ1) is 8.00. The van der Waals surface area contributed by atoms with Crippen LogP contribution in [-0.2, 0) is 7.05 Å². The van der Waals surface area contributed by atoms with E-state index in [-0.39, 0.29) is 11.1 Å². The summed E-state index contributed by atoms with van der Waals surface area (Å²) in [5.74, 6) is -1.32. The molecular weight excluding hydrogens is 339 g/mol. The van der Waals surface area contributed by atoms with Crippen molar-refractivity contribution in [3.63, 3.8) is 0 Å². The van der Waals surface area contributed by atoms with Gasteiger partial charge in [0, 0.05) is 18.7 Å². The Morgan fingerprint density at radius 3 is 2.53 bits per heavy atom. The summed E-state index contributed by atoms with van der Waals surface area (Å²) < 4.78 is 28.3. The quantitative estimate of drug-likeness (QED) is 0.727. The smallest absolute Gasteiger partial charge is 0.264 e. The predicted octanol–water partition coefficient (Wildman–Crippen LogP) is 2.94. The monoisotopic (exact) mass is 347 g/mol. The summed E-state index contributed by atoms with van der Waals surface area (Å²) in [7, 11) is 1.56. The van der Waals surface area contributed by atoms with E-state index in [0.717, 1.165) is 6.07 Å². The van der Waals surface area contributed by atoms with Crippen LogP contribution in [0.2, 0.25) is 0 Å². The summed E-state index contributed by atoms with van der Waals surface area (Å²) in [4.78, 5) is 11.7. The van der Waals surface area contributed by atoms with E-state index in [9.17, 15) is 13.6 Å². The van der Waals surface area contributed by atoms with Crippen molar-refractivity contribution in [2.24, 2.45) is 7.05 Å². The van der Waals surface area contributed by atoms with Crippen LogP contribution in [0.3, 0.4) is 0 Å². The normalized spacial score (nSPS) is 10.6. The van der Waals surface area contributed by atoms with E-state index in [0.29, 0.717) is 9.26 Å². The first-order valence-electron chi connectivity index (χ1n) is 4.81. The van der Waals surface area contributed by atoms with Crippen molar-refractivity contribution in [1.82, 2.24) is 4.57 Å². The molecule has 2 nitrogen and oxygen atoms in total. The van der Waals surface area contributed by atoms with Gasteiger partial charge in [0.05, 0.1) is 9.26 Å². The number of aromatic nitrogens is 1. The van der Waals surface area contributed by atoms with Crippen LogP contribution >= 0.6 is 22.6 Å². The molecule has 17 heavy (non-hydrogen) atoms. The second-order valence-electron chi connectivity index (χ2n) is 3.55. The van der Waals surface area contributed by atoms with Crippen LogP contribution in [0.25, 0.3) is 11.3 Å². The van der Waals surface area contributed by atoms with Gasteiger partial charge in [0.2, 0.25) is 0 Å². The topological polar surface area (TPSA) is 22.0 Å². The summed E-state index contributed by atoms with van der Waals surface area (Å²) in [6.45, 7) is 0. The number of pyridine rings is 1. The van der Waals surface area contributed by atoms with Gasteiger partial charge in [-0.05, 0) is 46.9 Å². The average Bonchev–Trinajstić information content (AvgIpc) is 2.28. The summed E-state index contributed by atoms with van der Waals surface area (Å²) in [6.07, 6.45) is 0. The van der Waals surface area contributed by atoms with Crippen LogP contribution in [0, 0.1) is 15.2 Å². The zero-order chi connectivity index (χ0) is 12.6. The van der Waals surface area contributed by atoms with Crippen LogP contribution in [0.5, 0.6) is 0 Å². The van der Waals surface area contributed by atoms with Crippen molar-refractivity contribution in [3.05, 3.63) is 55.9 Å². The fourth-order valence-corrected chi connectivity index (χ4v) is 2.11. The molecule has 0 saturated heterocycles. The minimum atomic E-state index is -0.679. The molecule has 88 valence electrons. The summed E-state index contributed by atoms with van der Waals surface area (Å²) in [6, 6.07) is 6.55. The fourth-order valence-electron chi connectivity index (χ4n) is 1.57. The Morgan fingerprint density at radius 1 is 1.18 bits per heavy atom. The van der Waals surface area contributed by atoms with Crippen LogP contribution in [0.4, 0.5) is 8.78 Å². The van der Waals surface area contributed by atoms with Gasteiger partial charge in [-0.15, -0.1) is 0 Å². The number of benzene rings is 1. The van der Waals surface area contributed by atoms with Crippen LogP contribution in [0.1, 0.15) is 0 Å². The molecule has 2 aromatic rings. The molecule has 0 unspecified atom stereocenters. The SMILES string of the molecule is Cn1c(-c2ccc(F)cc2F)ccc(I)c1=O. The van der Waals surface area contributed by atoms with Gasteiger partial charge in [-0.3, -0.25) is 4.79 Å². The van der Waals surface area contributed by atoms with E-state index in [1.165, 1.54) is 16.7 Å². The minimum Gasteiger partial charge on any atom is -0.310 e. The molecule has 0 aliphatic rings. The summed E-state index contributed by atoms with van der Waals surface area (Å²) in [5, 5.41) is 0. The number of halogens is 3. The number of nitrogens with zero attached hydrogens (tertiary/aromatic N) is 1. The Bertz CT molecular complexity index is 637. The molecular formula is C12H8F2INO. The minimum absolute atomic E-state index is 0.202. The lowest BCUT2D eigenvalue weighted by Crippen LogP contribution is -2.20. The molecule has 1 aromatic carbocycles. The molecule has 0 radical (unpaired) electrons. The third-order valence-corrected chi connectivity index (χ3v) is 3.29. The van der Waals surface area contributed by atoms with Crippen molar-refractivity contribution in [1.29, 1.82) is 0 Å². The molecule has 0 N–H and O–H groups in total. The second kappa shape index (κ2) is 4.56. The highest BCUT2D eigenvalue weighted by molar-refractivity contribution is 14.1. The Morgan fingerprint density at radius 2 is 1.88 bits per heavy atom. The maximum Gasteiger partial charge on any atom is 0.264 e. The molecule has 2 rings (SSSR count). The van der Waals surface area contributed by atoms with Crippen molar-refractivity contribution in [3.8, 4) is 11.3 Å². The summed E-state index contributed by atoms with van der Waals surface area (Å²) >= 11 is 1.91. The Hall–Kier alpha value is -1.24. The Kier molecular flexibility index (Phi) is 3.28. The molecule has 0 fully saturated rings. The largest absolute Gasteiger partial charge is 0.310 e. The molecule has 0 amide bonds. The molecule has 5 heteroatoms. The van der Waals surface area contributed by atoms with E-state index >= 15 is 0 Å². The second-order valence-corrected chi connectivity index (χ2v) is 4.72. The zero-order valence-corrected chi connectivity index (χ0v) is 11.0. The Balaban J connectivity index is 2.69. The highest BCUT2D eigenvalue weighted by Gasteiger charge is 2.10. The zero-order valence-electron chi connectivity index (χ0n) is 8.88. The fraction of sp³-hybridized carbons (Fsp3) is 0.0833. The average molecular weight is 347 g/mol. The van der Waals surface area contributed by atoms with E-state index in [1.54, 1.807) is 19.2 Å². The standard InChI is InChI=1S/C12H8F2INO/c1-16-11(5-4-10(15)12(16)17)8-3-2-7(13)6-9(8)14/h2-6H,1H3. The molecule has 0 atom stereocenters. The highest BCUT2D eigenvalue weighted by atomic mass is 127. The molecule has 0 spiro atoms.